The van der Waals surface area contributed by atoms with Gasteiger partial charge in [-0.25, -0.2) is 4.99 Å². The summed E-state index contributed by atoms with van der Waals surface area (Å²) in [5, 5.41) is 13.3. The van der Waals surface area contributed by atoms with E-state index in [0.29, 0.717) is 41.4 Å². The van der Waals surface area contributed by atoms with Crippen LogP contribution in [0.2, 0.25) is 0 Å². The standard InChI is InChI=1S/C29H31ClN8O3/c1-39-22-12-23(26(30)25(13-22)40-2)24-11-18-14-31-29(34-27(18)38-17-32-35-28(24)38)33-19-3-5-20(6-4-19)37-8-7-36-9-10-41-16-21(36)15-37/h3-6,11,13,17,21H,7-10,12,14-16H2,1-2H3,(H,31,33)/t21-/m0/s1. The molecule has 0 spiro atoms. The van der Waals surface area contributed by atoms with E-state index in [1.807, 2.05) is 10.5 Å². The second kappa shape index (κ2) is 10.8. The minimum atomic E-state index is 0.451. The molecule has 3 aliphatic heterocycles. The predicted molar refractivity (Wildman–Crippen MR) is 156 cm³/mol. The molecular formula is C29H31ClN8O3. The van der Waals surface area contributed by atoms with Gasteiger partial charge in [0.05, 0.1) is 45.1 Å². The molecule has 0 saturated carbocycles. The fourth-order valence-electron chi connectivity index (χ4n) is 5.88. The molecule has 0 bridgehead atoms. The number of pyridine rings is 1. The van der Waals surface area contributed by atoms with Crippen LogP contribution in [-0.2, 0) is 20.8 Å². The van der Waals surface area contributed by atoms with Crippen molar-refractivity contribution in [2.24, 2.45) is 9.98 Å². The molecule has 1 aromatic carbocycles. The number of hydrogen-bond acceptors (Lipinski definition) is 10. The highest BCUT2D eigenvalue weighted by Crippen LogP contribution is 2.33. The molecule has 2 saturated heterocycles. The number of morpholine rings is 1. The molecule has 1 atom stereocenters. The van der Waals surface area contributed by atoms with Crippen LogP contribution in [0.25, 0.3) is 11.2 Å². The molecule has 0 amide bonds. The molecule has 2 fully saturated rings. The van der Waals surface area contributed by atoms with Crippen molar-refractivity contribution in [1.82, 2.24) is 19.5 Å². The number of guanidine groups is 1. The highest BCUT2D eigenvalue weighted by molar-refractivity contribution is 6.36. The molecule has 11 nitrogen and oxygen atoms in total. The molecule has 0 radical (unpaired) electrons. The summed E-state index contributed by atoms with van der Waals surface area (Å²) >= 11 is 6.75. The predicted octanol–water partition coefficient (Wildman–Crippen LogP) is 2.03. The number of rotatable bonds is 4. The van der Waals surface area contributed by atoms with Crippen molar-refractivity contribution in [3.63, 3.8) is 0 Å². The number of methoxy groups -OCH3 is 2. The number of aliphatic imine (C=N–C) groups is 1. The Labute approximate surface area is 242 Å². The van der Waals surface area contributed by atoms with Gasteiger partial charge >= 0.3 is 0 Å². The molecule has 5 heterocycles. The third-order valence-corrected chi connectivity index (χ3v) is 8.51. The lowest BCUT2D eigenvalue weighted by molar-refractivity contribution is -0.0116. The quantitative estimate of drug-likeness (QED) is 0.505. The summed E-state index contributed by atoms with van der Waals surface area (Å²) in [6.45, 7) is 6.21. The van der Waals surface area contributed by atoms with E-state index in [0.717, 1.165) is 72.7 Å². The number of nitrogens with zero attached hydrogens (tertiary/aromatic N) is 7. The van der Waals surface area contributed by atoms with Gasteiger partial charge in [0.2, 0.25) is 5.96 Å². The first-order valence-electron chi connectivity index (χ1n) is 13.7. The van der Waals surface area contributed by atoms with E-state index in [-0.39, 0.29) is 0 Å². The van der Waals surface area contributed by atoms with Crippen molar-refractivity contribution in [3.8, 4) is 0 Å². The Morgan fingerprint density at radius 3 is 2.80 bits per heavy atom. The maximum Gasteiger partial charge on any atom is 0.224 e. The number of allylic oxidation sites excluding steroid dienone is 3. The van der Waals surface area contributed by atoms with Gasteiger partial charge in [0.1, 0.15) is 23.3 Å². The molecule has 1 N–H and O–H groups in total. The Bertz CT molecular complexity index is 1710. The Balaban J connectivity index is 1.16. The van der Waals surface area contributed by atoms with Crippen LogP contribution in [0.15, 0.2) is 69.3 Å². The summed E-state index contributed by atoms with van der Waals surface area (Å²) in [5.74, 6) is 1.84. The molecule has 2 aromatic heterocycles. The Hall–Kier alpha value is -3.93. The Morgan fingerprint density at radius 2 is 1.98 bits per heavy atom. The van der Waals surface area contributed by atoms with E-state index in [1.54, 1.807) is 26.6 Å². The van der Waals surface area contributed by atoms with E-state index < -0.39 is 0 Å². The average molecular weight is 575 g/mol. The number of hydrogen-bond donors (Lipinski definition) is 1. The van der Waals surface area contributed by atoms with Gasteiger partial charge < -0.3 is 24.4 Å². The van der Waals surface area contributed by atoms with E-state index in [1.165, 1.54) is 5.69 Å². The molecule has 1 aliphatic carbocycles. The number of aromatic nitrogens is 3. The summed E-state index contributed by atoms with van der Waals surface area (Å²) in [7, 11) is 3.23. The fraction of sp³-hybridized carbons (Fsp3) is 0.379. The van der Waals surface area contributed by atoms with Gasteiger partial charge in [0.15, 0.2) is 5.65 Å². The van der Waals surface area contributed by atoms with Gasteiger partial charge in [-0.15, -0.1) is 10.2 Å². The molecular weight excluding hydrogens is 544 g/mol. The van der Waals surface area contributed by atoms with Crippen LogP contribution in [0.1, 0.15) is 12.0 Å². The molecule has 212 valence electrons. The van der Waals surface area contributed by atoms with E-state index in [2.05, 4.69) is 49.6 Å². The lowest BCUT2D eigenvalue weighted by atomic mass is 10.0. The zero-order valence-corrected chi connectivity index (χ0v) is 23.8. The van der Waals surface area contributed by atoms with Crippen LogP contribution >= 0.6 is 11.6 Å². The van der Waals surface area contributed by atoms with Gasteiger partial charge in [0, 0.05) is 60.8 Å². The minimum absolute atomic E-state index is 0.451. The van der Waals surface area contributed by atoms with Crippen molar-refractivity contribution in [2.45, 2.75) is 19.0 Å². The van der Waals surface area contributed by atoms with Gasteiger partial charge in [0.25, 0.3) is 0 Å². The minimum Gasteiger partial charge on any atom is -0.501 e. The number of fused-ring (bicyclic) bond motifs is 4. The molecule has 12 heteroatoms. The number of benzene rings is 1. The van der Waals surface area contributed by atoms with Crippen molar-refractivity contribution in [1.29, 1.82) is 0 Å². The van der Waals surface area contributed by atoms with E-state index >= 15 is 0 Å². The highest BCUT2D eigenvalue weighted by Gasteiger charge is 2.29. The van der Waals surface area contributed by atoms with Crippen molar-refractivity contribution >= 4 is 40.2 Å². The smallest absolute Gasteiger partial charge is 0.224 e. The van der Waals surface area contributed by atoms with Gasteiger partial charge in [-0.2, -0.15) is 4.99 Å². The van der Waals surface area contributed by atoms with Crippen molar-refractivity contribution in [3.05, 3.63) is 75.6 Å². The molecule has 41 heavy (non-hydrogen) atoms. The van der Waals surface area contributed by atoms with Crippen LogP contribution in [0.4, 0.5) is 11.4 Å². The summed E-state index contributed by atoms with van der Waals surface area (Å²) in [6.07, 6.45) is 3.99. The average Bonchev–Trinajstić information content (AvgIpc) is 3.52. The first kappa shape index (κ1) is 26.0. The van der Waals surface area contributed by atoms with Gasteiger partial charge in [-0.05, 0) is 35.9 Å². The van der Waals surface area contributed by atoms with Gasteiger partial charge in [-0.3, -0.25) is 9.30 Å². The lowest BCUT2D eigenvalue weighted by Crippen LogP contribution is -2.58. The SMILES string of the molecule is COC1=CC(OC)=C(Cl)C(=c2cc3c(n4cnnc24)=NC(Nc2ccc(N4CCN5CCOC[C@@H]5C4)cc2)=NC3)C1. The largest absolute Gasteiger partial charge is 0.501 e. The molecule has 7 rings (SSSR count). The normalized spacial score (nSPS) is 22.4. The lowest BCUT2D eigenvalue weighted by Gasteiger charge is -2.44. The van der Waals surface area contributed by atoms with E-state index in [4.69, 9.17) is 35.8 Å². The van der Waals surface area contributed by atoms with Crippen LogP contribution in [-0.4, -0.2) is 85.1 Å². The molecule has 0 unspecified atom stereocenters. The highest BCUT2D eigenvalue weighted by atomic mass is 35.5. The number of piperazine rings is 1. The zero-order chi connectivity index (χ0) is 27.9. The monoisotopic (exact) mass is 574 g/mol. The zero-order valence-electron chi connectivity index (χ0n) is 23.0. The Kier molecular flexibility index (Phi) is 6.85. The first-order chi connectivity index (χ1) is 20.1. The third-order valence-electron chi connectivity index (χ3n) is 8.09. The van der Waals surface area contributed by atoms with Gasteiger partial charge in [-0.1, -0.05) is 11.6 Å². The summed E-state index contributed by atoms with van der Waals surface area (Å²) in [5.41, 5.74) is 5.33. The molecule has 3 aromatic rings. The van der Waals surface area contributed by atoms with Crippen LogP contribution in [0.3, 0.4) is 0 Å². The second-order valence-corrected chi connectivity index (χ2v) is 10.8. The maximum atomic E-state index is 6.75. The molecule has 4 aliphatic rings. The summed E-state index contributed by atoms with van der Waals surface area (Å²) < 4.78 is 18.6. The van der Waals surface area contributed by atoms with E-state index in [9.17, 15) is 0 Å². The summed E-state index contributed by atoms with van der Waals surface area (Å²) in [4.78, 5) is 14.5. The van der Waals surface area contributed by atoms with Crippen LogP contribution in [0.5, 0.6) is 0 Å². The van der Waals surface area contributed by atoms with Crippen molar-refractivity contribution in [2.75, 3.05) is 63.8 Å². The summed E-state index contributed by atoms with van der Waals surface area (Å²) in [6, 6.07) is 11.0. The number of anilines is 2. The second-order valence-electron chi connectivity index (χ2n) is 10.4. The number of nitrogens with one attached hydrogen (secondary N) is 1. The van der Waals surface area contributed by atoms with Crippen molar-refractivity contribution < 1.29 is 14.2 Å². The maximum absolute atomic E-state index is 6.75. The number of halogens is 1. The fourth-order valence-corrected chi connectivity index (χ4v) is 6.18. The number of ether oxygens (including phenoxy) is 3. The topological polar surface area (TPSA) is 101 Å². The van der Waals surface area contributed by atoms with Crippen LogP contribution in [0, 0.1) is 0 Å². The van der Waals surface area contributed by atoms with Crippen LogP contribution < -0.4 is 20.9 Å². The third kappa shape index (κ3) is 4.83. The first-order valence-corrected chi connectivity index (χ1v) is 14.1. The Morgan fingerprint density at radius 1 is 1.10 bits per heavy atom.